The maximum atomic E-state index is 11.7. The minimum absolute atomic E-state index is 0.135. The number of carbonyl (C=O) groups excluding carboxylic acids is 1. The van der Waals surface area contributed by atoms with Gasteiger partial charge >= 0.3 is 5.97 Å². The Labute approximate surface area is 128 Å². The minimum atomic E-state index is -0.135. The quantitative estimate of drug-likeness (QED) is 0.326. The number of unbranched alkanes of at least 4 members (excludes halogenated alkanes) is 6. The Bertz CT molecular complexity index is 373. The normalized spacial score (nSPS) is 10.5. The van der Waals surface area contributed by atoms with E-state index >= 15 is 0 Å². The number of hydrogen-bond donors (Lipinski definition) is 0. The van der Waals surface area contributed by atoms with E-state index in [0.717, 1.165) is 18.4 Å². The van der Waals surface area contributed by atoms with Crippen molar-refractivity contribution in [1.82, 2.24) is 0 Å². The molecule has 0 aromatic heterocycles. The summed E-state index contributed by atoms with van der Waals surface area (Å²) in [7, 11) is 0. The second kappa shape index (κ2) is 10.8. The van der Waals surface area contributed by atoms with Crippen LogP contribution in [0, 0.1) is 0 Å². The first-order valence-electron chi connectivity index (χ1n) is 7.64. The van der Waals surface area contributed by atoms with Gasteiger partial charge in [-0.15, -0.1) is 0 Å². The second-order valence-electron chi connectivity index (χ2n) is 5.13. The molecule has 0 saturated heterocycles. The SMILES string of the molecule is CCCCCCCCCC(=O)Oc1ccc(C[S])cc1. The predicted molar refractivity (Wildman–Crippen MR) is 86.0 cm³/mol. The summed E-state index contributed by atoms with van der Waals surface area (Å²) in [5, 5.41) is 0. The maximum absolute atomic E-state index is 11.7. The molecule has 20 heavy (non-hydrogen) atoms. The summed E-state index contributed by atoms with van der Waals surface area (Å²) in [6.07, 6.45) is 8.97. The molecule has 1 aromatic rings. The maximum Gasteiger partial charge on any atom is 0.311 e. The first-order chi connectivity index (χ1) is 9.76. The molecule has 3 heteroatoms. The highest BCUT2D eigenvalue weighted by molar-refractivity contribution is 7.79. The van der Waals surface area contributed by atoms with Gasteiger partial charge in [-0.3, -0.25) is 4.79 Å². The average Bonchev–Trinajstić information content (AvgIpc) is 2.47. The van der Waals surface area contributed by atoms with Gasteiger partial charge in [-0.05, 0) is 24.1 Å². The summed E-state index contributed by atoms with van der Waals surface area (Å²) in [5.74, 6) is 1.07. The topological polar surface area (TPSA) is 26.3 Å². The van der Waals surface area contributed by atoms with Gasteiger partial charge < -0.3 is 4.74 Å². The Morgan fingerprint density at radius 3 is 2.20 bits per heavy atom. The molecule has 0 heterocycles. The number of rotatable bonds is 10. The highest BCUT2D eigenvalue weighted by Gasteiger charge is 2.04. The van der Waals surface area contributed by atoms with Crippen LogP contribution in [0.3, 0.4) is 0 Å². The fourth-order valence-electron chi connectivity index (χ4n) is 2.06. The Balaban J connectivity index is 2.10. The second-order valence-corrected chi connectivity index (χ2v) is 5.42. The van der Waals surface area contributed by atoms with Gasteiger partial charge in [0.1, 0.15) is 5.75 Å². The van der Waals surface area contributed by atoms with Crippen molar-refractivity contribution < 1.29 is 9.53 Å². The summed E-state index contributed by atoms with van der Waals surface area (Å²) in [5.41, 5.74) is 1.08. The van der Waals surface area contributed by atoms with Crippen LogP contribution < -0.4 is 4.74 Å². The number of ether oxygens (including phenoxy) is 1. The fraction of sp³-hybridized carbons (Fsp3) is 0.588. The molecular formula is C17H25O2S. The lowest BCUT2D eigenvalue weighted by molar-refractivity contribution is -0.134. The molecule has 1 rings (SSSR count). The van der Waals surface area contributed by atoms with Crippen molar-refractivity contribution >= 4 is 18.6 Å². The molecule has 0 bridgehead atoms. The van der Waals surface area contributed by atoms with Crippen LogP contribution in [0.25, 0.3) is 0 Å². The molecular weight excluding hydrogens is 268 g/mol. The molecule has 1 radical (unpaired) electrons. The molecule has 0 saturated carbocycles. The highest BCUT2D eigenvalue weighted by Crippen LogP contribution is 2.15. The zero-order valence-corrected chi connectivity index (χ0v) is 13.2. The predicted octanol–water partition coefficient (Wildman–Crippen LogP) is 5.43. The van der Waals surface area contributed by atoms with Crippen molar-refractivity contribution in [2.45, 2.75) is 64.0 Å². The van der Waals surface area contributed by atoms with Crippen molar-refractivity contribution in [3.8, 4) is 5.75 Å². The molecule has 111 valence electrons. The molecule has 0 fully saturated rings. The van der Waals surface area contributed by atoms with E-state index in [9.17, 15) is 4.79 Å². The van der Waals surface area contributed by atoms with Gasteiger partial charge in [0.15, 0.2) is 0 Å². The van der Waals surface area contributed by atoms with Crippen LogP contribution in [0.4, 0.5) is 0 Å². The third-order valence-corrected chi connectivity index (χ3v) is 3.64. The Morgan fingerprint density at radius 1 is 1.00 bits per heavy atom. The zero-order chi connectivity index (χ0) is 14.6. The molecule has 0 N–H and O–H groups in total. The summed E-state index contributed by atoms with van der Waals surface area (Å²) in [6, 6.07) is 7.43. The van der Waals surface area contributed by atoms with Gasteiger partial charge in [0.25, 0.3) is 0 Å². The molecule has 0 aliphatic carbocycles. The van der Waals surface area contributed by atoms with E-state index in [1.54, 1.807) is 0 Å². The fourth-order valence-corrected chi connectivity index (χ4v) is 2.26. The van der Waals surface area contributed by atoms with Gasteiger partial charge in [0.2, 0.25) is 0 Å². The van der Waals surface area contributed by atoms with Crippen LogP contribution in [-0.4, -0.2) is 5.97 Å². The molecule has 0 spiro atoms. The molecule has 0 aliphatic rings. The van der Waals surface area contributed by atoms with Crippen LogP contribution in [0.1, 0.15) is 63.9 Å². The van der Waals surface area contributed by atoms with Gasteiger partial charge in [0.05, 0.1) is 0 Å². The lowest BCUT2D eigenvalue weighted by Gasteiger charge is -2.05. The first-order valence-corrected chi connectivity index (χ1v) is 8.21. The number of esters is 1. The first kappa shape index (κ1) is 17.1. The lowest BCUT2D eigenvalue weighted by atomic mass is 10.1. The monoisotopic (exact) mass is 293 g/mol. The van der Waals surface area contributed by atoms with Crippen molar-refractivity contribution in [3.05, 3.63) is 29.8 Å². The number of hydrogen-bond acceptors (Lipinski definition) is 2. The van der Waals surface area contributed by atoms with E-state index < -0.39 is 0 Å². The van der Waals surface area contributed by atoms with E-state index in [0.29, 0.717) is 17.9 Å². The van der Waals surface area contributed by atoms with E-state index in [-0.39, 0.29) is 5.97 Å². The van der Waals surface area contributed by atoms with Gasteiger partial charge in [-0.2, -0.15) is 0 Å². The van der Waals surface area contributed by atoms with Gasteiger partial charge in [0, 0.05) is 12.2 Å². The number of carbonyl (C=O) groups is 1. The minimum Gasteiger partial charge on any atom is -0.427 e. The summed E-state index contributed by atoms with van der Waals surface area (Å²) in [6.45, 7) is 2.22. The van der Waals surface area contributed by atoms with Crippen molar-refractivity contribution in [1.29, 1.82) is 0 Å². The van der Waals surface area contributed by atoms with Gasteiger partial charge in [-0.25, -0.2) is 0 Å². The molecule has 1 aromatic carbocycles. The van der Waals surface area contributed by atoms with Crippen molar-refractivity contribution in [2.24, 2.45) is 0 Å². The standard InChI is InChI=1S/C17H25O2S/c1-2-3-4-5-6-7-8-9-17(18)19-16-12-10-15(14-20)11-13-16/h10-13H,2-9,14H2,1H3. The van der Waals surface area contributed by atoms with E-state index in [1.807, 2.05) is 24.3 Å². The molecule has 0 atom stereocenters. The molecule has 2 nitrogen and oxygen atoms in total. The van der Waals surface area contributed by atoms with Crippen LogP contribution in [0.15, 0.2) is 24.3 Å². The summed E-state index contributed by atoms with van der Waals surface area (Å²) in [4.78, 5) is 11.7. The largest absolute Gasteiger partial charge is 0.427 e. The molecule has 0 amide bonds. The summed E-state index contributed by atoms with van der Waals surface area (Å²) < 4.78 is 5.29. The molecule has 0 unspecified atom stereocenters. The van der Waals surface area contributed by atoms with Crippen molar-refractivity contribution in [2.75, 3.05) is 0 Å². The Hall–Kier alpha value is -0.960. The van der Waals surface area contributed by atoms with Crippen molar-refractivity contribution in [3.63, 3.8) is 0 Å². The van der Waals surface area contributed by atoms with E-state index in [1.165, 1.54) is 32.1 Å². The van der Waals surface area contributed by atoms with Gasteiger partial charge in [-0.1, -0.05) is 70.2 Å². The van der Waals surface area contributed by atoms with E-state index in [4.69, 9.17) is 17.4 Å². The number of benzene rings is 1. The van der Waals surface area contributed by atoms with Crippen LogP contribution in [-0.2, 0) is 10.5 Å². The average molecular weight is 293 g/mol. The van der Waals surface area contributed by atoms with E-state index in [2.05, 4.69) is 6.92 Å². The third-order valence-electron chi connectivity index (χ3n) is 3.31. The highest BCUT2D eigenvalue weighted by atomic mass is 32.1. The smallest absolute Gasteiger partial charge is 0.311 e. The zero-order valence-electron chi connectivity index (χ0n) is 12.4. The summed E-state index contributed by atoms with van der Waals surface area (Å²) >= 11 is 4.95. The van der Waals surface area contributed by atoms with Crippen LogP contribution in [0.5, 0.6) is 5.75 Å². The van der Waals surface area contributed by atoms with Crippen LogP contribution in [0.2, 0.25) is 0 Å². The Morgan fingerprint density at radius 2 is 1.60 bits per heavy atom. The Kier molecular flexibility index (Phi) is 9.22. The lowest BCUT2D eigenvalue weighted by Crippen LogP contribution is -2.07. The molecule has 0 aliphatic heterocycles. The van der Waals surface area contributed by atoms with Crippen LogP contribution >= 0.6 is 12.6 Å². The third kappa shape index (κ3) is 7.59.